The number of benzene rings is 3. The molecule has 166 valence electrons. The number of aromatic hydroxyl groups is 1. The number of hydrogen-bond acceptors (Lipinski definition) is 5. The van der Waals surface area contributed by atoms with Crippen molar-refractivity contribution in [3.05, 3.63) is 93.0 Å². The Morgan fingerprint density at radius 2 is 1.85 bits per heavy atom. The highest BCUT2D eigenvalue weighted by atomic mass is 35.5. The smallest absolute Gasteiger partial charge is 0.300 e. The second-order valence-corrected chi connectivity index (χ2v) is 8.62. The molecule has 0 spiro atoms. The first-order valence-corrected chi connectivity index (χ1v) is 10.9. The zero-order valence-corrected chi connectivity index (χ0v) is 18.6. The van der Waals surface area contributed by atoms with Crippen molar-refractivity contribution >= 4 is 46.3 Å². The summed E-state index contributed by atoms with van der Waals surface area (Å²) in [7, 11) is 0. The molecule has 1 saturated heterocycles. The van der Waals surface area contributed by atoms with Crippen LogP contribution in [0.5, 0.6) is 11.5 Å². The van der Waals surface area contributed by atoms with Crippen LogP contribution in [0.15, 0.2) is 66.2 Å². The molecule has 1 fully saturated rings. The number of nitrogens with zero attached hydrogens (tertiary/aromatic N) is 1. The highest BCUT2D eigenvalue weighted by Gasteiger charge is 2.47. The monoisotopic (exact) mass is 481 g/mol. The lowest BCUT2D eigenvalue weighted by Crippen LogP contribution is -2.29. The van der Waals surface area contributed by atoms with E-state index in [1.807, 2.05) is 0 Å². The minimum absolute atomic E-state index is 0.0545. The first-order chi connectivity index (χ1) is 15.8. The second kappa shape index (κ2) is 8.14. The van der Waals surface area contributed by atoms with Gasteiger partial charge in [0.25, 0.3) is 11.7 Å². The molecule has 2 N–H and O–H groups in total. The Bertz CT molecular complexity index is 1350. The van der Waals surface area contributed by atoms with Crippen molar-refractivity contribution in [3.8, 4) is 11.5 Å². The highest BCUT2D eigenvalue weighted by Crippen LogP contribution is 2.44. The predicted molar refractivity (Wildman–Crippen MR) is 125 cm³/mol. The highest BCUT2D eigenvalue weighted by molar-refractivity contribution is 6.52. The lowest BCUT2D eigenvalue weighted by molar-refractivity contribution is -0.132. The molecule has 5 rings (SSSR count). The minimum atomic E-state index is -0.980. The molecule has 1 amide bonds. The van der Waals surface area contributed by atoms with Crippen molar-refractivity contribution in [1.29, 1.82) is 0 Å². The van der Waals surface area contributed by atoms with E-state index in [4.69, 9.17) is 27.9 Å². The Morgan fingerprint density at radius 3 is 2.61 bits per heavy atom. The van der Waals surface area contributed by atoms with Crippen LogP contribution in [0.25, 0.3) is 5.76 Å². The first-order valence-electron chi connectivity index (χ1n) is 10.2. The van der Waals surface area contributed by atoms with E-state index in [0.717, 1.165) is 11.3 Å². The number of fused-ring (bicyclic) bond motifs is 1. The molecule has 0 radical (unpaired) electrons. The van der Waals surface area contributed by atoms with Crippen LogP contribution in [0.1, 0.15) is 22.7 Å². The van der Waals surface area contributed by atoms with Gasteiger partial charge in [0.15, 0.2) is 0 Å². The lowest BCUT2D eigenvalue weighted by Gasteiger charge is -2.26. The molecular weight excluding hydrogens is 465 g/mol. The Balaban J connectivity index is 1.73. The maximum absolute atomic E-state index is 13.2. The summed E-state index contributed by atoms with van der Waals surface area (Å²) in [4.78, 5) is 27.7. The van der Waals surface area contributed by atoms with Crippen molar-refractivity contribution in [2.24, 2.45) is 0 Å². The Labute approximate surface area is 199 Å². The van der Waals surface area contributed by atoms with E-state index < -0.39 is 17.7 Å². The number of hydrogen-bond donors (Lipinski definition) is 2. The Hall–Kier alpha value is -3.48. The number of halogens is 2. The van der Waals surface area contributed by atoms with Crippen molar-refractivity contribution in [1.82, 2.24) is 0 Å². The molecule has 0 saturated carbocycles. The normalized spacial score (nSPS) is 19.0. The van der Waals surface area contributed by atoms with Crippen LogP contribution in [-0.4, -0.2) is 28.5 Å². The number of carbonyl (C=O) groups excluding carboxylic acids is 2. The maximum Gasteiger partial charge on any atom is 0.300 e. The molecule has 2 heterocycles. The summed E-state index contributed by atoms with van der Waals surface area (Å²) in [5, 5.41) is 21.6. The number of Topliss-reactive ketones (excluding diaryl/α,β-unsaturated/α-hetero) is 1. The molecule has 2 aliphatic heterocycles. The van der Waals surface area contributed by atoms with Gasteiger partial charge in [0.05, 0.1) is 23.2 Å². The van der Waals surface area contributed by atoms with Crippen LogP contribution < -0.4 is 9.64 Å². The number of phenolic OH excluding ortho intramolecular Hbond substituents is 1. The maximum atomic E-state index is 13.2. The number of aliphatic hydroxyl groups excluding tert-OH is 1. The molecule has 3 aromatic carbocycles. The molecule has 0 aromatic heterocycles. The van der Waals surface area contributed by atoms with Gasteiger partial charge in [0.1, 0.15) is 17.3 Å². The number of ether oxygens (including phenoxy) is 1. The third-order valence-corrected chi connectivity index (χ3v) is 6.32. The van der Waals surface area contributed by atoms with Gasteiger partial charge in [-0.3, -0.25) is 14.5 Å². The van der Waals surface area contributed by atoms with Gasteiger partial charge in [-0.2, -0.15) is 0 Å². The molecule has 1 atom stereocenters. The number of phenols is 1. The van der Waals surface area contributed by atoms with Crippen LogP contribution >= 0.6 is 23.2 Å². The topological polar surface area (TPSA) is 87.1 Å². The number of anilines is 1. The van der Waals surface area contributed by atoms with Crippen LogP contribution in [-0.2, 0) is 16.0 Å². The first kappa shape index (κ1) is 21.4. The summed E-state index contributed by atoms with van der Waals surface area (Å²) in [5.41, 5.74) is 2.06. The van der Waals surface area contributed by atoms with Gasteiger partial charge in [-0.25, -0.2) is 0 Å². The largest absolute Gasteiger partial charge is 0.507 e. The van der Waals surface area contributed by atoms with Gasteiger partial charge in [-0.05, 0) is 59.7 Å². The predicted octanol–water partition coefficient (Wildman–Crippen LogP) is 5.26. The Kier molecular flexibility index (Phi) is 5.27. The van der Waals surface area contributed by atoms with E-state index in [1.165, 1.54) is 17.0 Å². The standard InChI is InChI=1S/C25H17Cl2NO5/c26-16-2-1-3-17(12-16)28-22(14-4-6-19(29)18(27)11-14)21(24(31)25(28)32)23(30)15-5-7-20-13(10-15)8-9-33-20/h1-7,10-12,22,29-30H,8-9H2/b23-21-. The number of rotatable bonds is 3. The molecule has 0 bridgehead atoms. The zero-order chi connectivity index (χ0) is 23.3. The van der Waals surface area contributed by atoms with Gasteiger partial charge >= 0.3 is 0 Å². The molecule has 8 heteroatoms. The molecule has 1 unspecified atom stereocenters. The molecule has 3 aromatic rings. The summed E-state index contributed by atoms with van der Waals surface area (Å²) >= 11 is 12.3. The van der Waals surface area contributed by atoms with E-state index in [1.54, 1.807) is 48.5 Å². The number of amides is 1. The van der Waals surface area contributed by atoms with Gasteiger partial charge in [0, 0.05) is 22.7 Å². The third kappa shape index (κ3) is 3.61. The van der Waals surface area contributed by atoms with Gasteiger partial charge < -0.3 is 14.9 Å². The molecule has 2 aliphatic rings. The zero-order valence-electron chi connectivity index (χ0n) is 17.1. The molecule has 0 aliphatic carbocycles. The van der Waals surface area contributed by atoms with Gasteiger partial charge in [0.2, 0.25) is 0 Å². The quantitative estimate of drug-likeness (QED) is 0.302. The van der Waals surface area contributed by atoms with E-state index in [-0.39, 0.29) is 22.1 Å². The van der Waals surface area contributed by atoms with E-state index in [0.29, 0.717) is 34.9 Å². The van der Waals surface area contributed by atoms with Crippen molar-refractivity contribution in [2.45, 2.75) is 12.5 Å². The summed E-state index contributed by atoms with van der Waals surface area (Å²) < 4.78 is 5.52. The fourth-order valence-electron chi connectivity index (χ4n) is 4.22. The fraction of sp³-hybridized carbons (Fsp3) is 0.120. The Morgan fingerprint density at radius 1 is 1.03 bits per heavy atom. The van der Waals surface area contributed by atoms with Gasteiger partial charge in [-0.15, -0.1) is 0 Å². The van der Waals surface area contributed by atoms with E-state index >= 15 is 0 Å². The minimum Gasteiger partial charge on any atom is -0.507 e. The lowest BCUT2D eigenvalue weighted by atomic mass is 9.94. The summed E-state index contributed by atoms with van der Waals surface area (Å²) in [6.07, 6.45) is 0.685. The third-order valence-electron chi connectivity index (χ3n) is 5.78. The van der Waals surface area contributed by atoms with E-state index in [9.17, 15) is 19.8 Å². The van der Waals surface area contributed by atoms with Crippen molar-refractivity contribution in [2.75, 3.05) is 11.5 Å². The average Bonchev–Trinajstić information content (AvgIpc) is 3.37. The summed E-state index contributed by atoms with van der Waals surface area (Å²) in [6, 6.07) is 15.1. The second-order valence-electron chi connectivity index (χ2n) is 7.78. The van der Waals surface area contributed by atoms with E-state index in [2.05, 4.69) is 0 Å². The number of aliphatic hydroxyl groups is 1. The number of ketones is 1. The SMILES string of the molecule is O=C1C(=O)N(c2cccc(Cl)c2)C(c2ccc(O)c(Cl)c2)/C1=C(/O)c1ccc2c(c1)CCO2. The molecule has 6 nitrogen and oxygen atoms in total. The summed E-state index contributed by atoms with van der Waals surface area (Å²) in [5.74, 6) is -1.36. The van der Waals surface area contributed by atoms with Crippen molar-refractivity contribution in [3.63, 3.8) is 0 Å². The van der Waals surface area contributed by atoms with Gasteiger partial charge in [-0.1, -0.05) is 35.3 Å². The van der Waals surface area contributed by atoms with Crippen LogP contribution in [0, 0.1) is 0 Å². The van der Waals surface area contributed by atoms with Crippen LogP contribution in [0.4, 0.5) is 5.69 Å². The van der Waals surface area contributed by atoms with Crippen LogP contribution in [0.3, 0.4) is 0 Å². The molecule has 33 heavy (non-hydrogen) atoms. The fourth-order valence-corrected chi connectivity index (χ4v) is 4.60. The molecular formula is C25H17Cl2NO5. The van der Waals surface area contributed by atoms with Crippen molar-refractivity contribution < 1.29 is 24.5 Å². The average molecular weight is 482 g/mol. The summed E-state index contributed by atoms with van der Waals surface area (Å²) in [6.45, 7) is 0.546. The number of carbonyl (C=O) groups is 2. The van der Waals surface area contributed by atoms with Crippen LogP contribution in [0.2, 0.25) is 10.0 Å².